The van der Waals surface area contributed by atoms with Crippen LogP contribution in [0.1, 0.15) is 22.5 Å². The minimum absolute atomic E-state index is 0.0703. The van der Waals surface area contributed by atoms with Crippen LogP contribution in [0, 0.1) is 24.1 Å². The molecule has 0 aliphatic rings. The molecule has 7 nitrogen and oxygen atoms in total. The van der Waals surface area contributed by atoms with Crippen LogP contribution in [0.3, 0.4) is 0 Å². The van der Waals surface area contributed by atoms with Gasteiger partial charge in [-0.15, -0.1) is 0 Å². The highest BCUT2D eigenvalue weighted by molar-refractivity contribution is 6.30. The quantitative estimate of drug-likeness (QED) is 0.605. The van der Waals surface area contributed by atoms with Crippen molar-refractivity contribution in [1.29, 1.82) is 5.26 Å². The fourth-order valence-corrected chi connectivity index (χ4v) is 2.83. The number of aryl methyl sites for hydroxylation is 1. The topological polar surface area (TPSA) is 101 Å². The number of halogens is 5. The summed E-state index contributed by atoms with van der Waals surface area (Å²) in [6.45, 7) is 1.20. The van der Waals surface area contributed by atoms with Gasteiger partial charge in [0.15, 0.2) is 17.3 Å². The van der Waals surface area contributed by atoms with E-state index in [1.54, 1.807) is 13.0 Å². The van der Waals surface area contributed by atoms with Crippen molar-refractivity contribution in [2.75, 3.05) is 0 Å². The highest BCUT2D eigenvalue weighted by Crippen LogP contribution is 2.36. The Labute approximate surface area is 176 Å². The summed E-state index contributed by atoms with van der Waals surface area (Å²) in [7, 11) is 0. The molecule has 0 bridgehead atoms. The third-order valence-corrected chi connectivity index (χ3v) is 4.30. The Morgan fingerprint density at radius 3 is 2.61 bits per heavy atom. The number of hydrogen-bond acceptors (Lipinski definition) is 5. The number of benzene rings is 1. The van der Waals surface area contributed by atoms with Crippen LogP contribution >= 0.6 is 11.6 Å². The standard InChI is InChI=1S/C19H11ClF4N4O3/c1-9-2-3-10(17(29)27-9)7-28-8-26-16(19(22,23)24)15(18(28)30)31-13-5-12(20)4-11(6-25)14(13)21/h2-5,8H,7H2,1H3,(H,27,29). The van der Waals surface area contributed by atoms with E-state index in [4.69, 9.17) is 21.6 Å². The molecule has 0 fully saturated rings. The number of alkyl halides is 3. The third kappa shape index (κ3) is 4.59. The van der Waals surface area contributed by atoms with E-state index < -0.39 is 52.4 Å². The molecule has 12 heteroatoms. The molecule has 0 radical (unpaired) electrons. The molecular weight excluding hydrogens is 444 g/mol. The van der Waals surface area contributed by atoms with Crippen molar-refractivity contribution >= 4 is 11.6 Å². The number of nitrogens with one attached hydrogen (secondary N) is 1. The van der Waals surface area contributed by atoms with Crippen molar-refractivity contribution in [3.63, 3.8) is 0 Å². The maximum atomic E-state index is 14.4. The minimum atomic E-state index is -5.11. The number of rotatable bonds is 4. The van der Waals surface area contributed by atoms with Crippen LogP contribution in [0.4, 0.5) is 17.6 Å². The molecule has 0 saturated heterocycles. The van der Waals surface area contributed by atoms with Gasteiger partial charge >= 0.3 is 6.18 Å². The van der Waals surface area contributed by atoms with Gasteiger partial charge in [0.2, 0.25) is 5.75 Å². The highest BCUT2D eigenvalue weighted by Gasteiger charge is 2.39. The second kappa shape index (κ2) is 8.23. The SMILES string of the molecule is Cc1ccc(Cn2cnc(C(F)(F)F)c(Oc3cc(Cl)cc(C#N)c3F)c2=O)c(=O)[nH]1. The van der Waals surface area contributed by atoms with Crippen LogP contribution < -0.4 is 15.9 Å². The molecule has 1 aromatic carbocycles. The lowest BCUT2D eigenvalue weighted by atomic mass is 10.2. The fourth-order valence-electron chi connectivity index (χ4n) is 2.62. The summed E-state index contributed by atoms with van der Waals surface area (Å²) in [5.74, 6) is -3.49. The average Bonchev–Trinajstić information content (AvgIpc) is 2.68. The lowest BCUT2D eigenvalue weighted by molar-refractivity contribution is -0.142. The molecule has 0 unspecified atom stereocenters. The van der Waals surface area contributed by atoms with Crippen molar-refractivity contribution in [1.82, 2.24) is 14.5 Å². The summed E-state index contributed by atoms with van der Waals surface area (Å²) in [6, 6.07) is 6.18. The number of aromatic amines is 1. The van der Waals surface area contributed by atoms with Gasteiger partial charge in [0, 0.05) is 22.3 Å². The average molecular weight is 455 g/mol. The van der Waals surface area contributed by atoms with Gasteiger partial charge in [-0.25, -0.2) is 9.37 Å². The van der Waals surface area contributed by atoms with Gasteiger partial charge in [-0.3, -0.25) is 14.2 Å². The molecule has 31 heavy (non-hydrogen) atoms. The number of pyridine rings is 1. The van der Waals surface area contributed by atoms with E-state index in [9.17, 15) is 27.2 Å². The van der Waals surface area contributed by atoms with E-state index in [1.807, 2.05) is 0 Å². The first-order valence-corrected chi connectivity index (χ1v) is 8.81. The maximum absolute atomic E-state index is 14.4. The Morgan fingerprint density at radius 1 is 1.29 bits per heavy atom. The summed E-state index contributed by atoms with van der Waals surface area (Å²) in [5, 5.41) is 8.73. The molecule has 1 N–H and O–H groups in total. The molecule has 2 aromatic heterocycles. The van der Waals surface area contributed by atoms with Crippen molar-refractivity contribution in [3.05, 3.63) is 84.7 Å². The minimum Gasteiger partial charge on any atom is -0.446 e. The molecule has 0 saturated carbocycles. The Morgan fingerprint density at radius 2 is 2.00 bits per heavy atom. The van der Waals surface area contributed by atoms with Gasteiger partial charge in [-0.1, -0.05) is 11.6 Å². The molecule has 0 aliphatic carbocycles. The Hall–Kier alpha value is -3.65. The summed E-state index contributed by atoms with van der Waals surface area (Å²) >= 11 is 5.75. The number of nitriles is 1. The monoisotopic (exact) mass is 454 g/mol. The molecule has 3 rings (SSSR count). The number of H-pyrrole nitrogens is 1. The summed E-state index contributed by atoms with van der Waals surface area (Å²) in [5.41, 5.74) is -3.55. The van der Waals surface area contributed by atoms with Gasteiger partial charge in [0.05, 0.1) is 18.4 Å². The molecule has 3 aromatic rings. The predicted molar refractivity (Wildman–Crippen MR) is 101 cm³/mol. The third-order valence-electron chi connectivity index (χ3n) is 4.08. The molecular formula is C19H11ClF4N4O3. The van der Waals surface area contributed by atoms with E-state index in [0.29, 0.717) is 16.6 Å². The van der Waals surface area contributed by atoms with Gasteiger partial charge in [-0.05, 0) is 25.1 Å². The first-order chi connectivity index (χ1) is 14.5. The Kier molecular flexibility index (Phi) is 5.85. The molecule has 0 amide bonds. The van der Waals surface area contributed by atoms with Crippen LogP contribution in [0.25, 0.3) is 0 Å². The van der Waals surface area contributed by atoms with Crippen molar-refractivity contribution in [3.8, 4) is 17.6 Å². The van der Waals surface area contributed by atoms with Crippen molar-refractivity contribution in [2.45, 2.75) is 19.6 Å². The van der Waals surface area contributed by atoms with Gasteiger partial charge < -0.3 is 9.72 Å². The Bertz CT molecular complexity index is 1330. The van der Waals surface area contributed by atoms with Gasteiger partial charge in [0.1, 0.15) is 6.07 Å². The van der Waals surface area contributed by atoms with Gasteiger partial charge in [-0.2, -0.15) is 18.4 Å². The zero-order chi connectivity index (χ0) is 22.9. The summed E-state index contributed by atoms with van der Waals surface area (Å²) in [6.07, 6.45) is -4.51. The zero-order valence-electron chi connectivity index (χ0n) is 15.6. The highest BCUT2D eigenvalue weighted by atomic mass is 35.5. The molecule has 0 atom stereocenters. The van der Waals surface area contributed by atoms with Crippen LogP contribution in [-0.4, -0.2) is 14.5 Å². The molecule has 2 heterocycles. The molecule has 0 aliphatic heterocycles. The van der Waals surface area contributed by atoms with Crippen LogP contribution in [0.15, 0.2) is 40.2 Å². The summed E-state index contributed by atoms with van der Waals surface area (Å²) in [4.78, 5) is 30.5. The first-order valence-electron chi connectivity index (χ1n) is 8.43. The number of ether oxygens (including phenoxy) is 1. The lowest BCUT2D eigenvalue weighted by Crippen LogP contribution is -2.28. The second-order valence-electron chi connectivity index (χ2n) is 6.33. The van der Waals surface area contributed by atoms with Crippen LogP contribution in [-0.2, 0) is 12.7 Å². The van der Waals surface area contributed by atoms with E-state index in [1.165, 1.54) is 12.1 Å². The van der Waals surface area contributed by atoms with E-state index in [2.05, 4.69) is 9.97 Å². The van der Waals surface area contributed by atoms with Gasteiger partial charge in [0.25, 0.3) is 11.1 Å². The largest absolute Gasteiger partial charge is 0.446 e. The fraction of sp³-hybridized carbons (Fsp3) is 0.158. The smallest absolute Gasteiger partial charge is 0.437 e. The molecule has 160 valence electrons. The Balaban J connectivity index is 2.15. The number of hydrogen-bond donors (Lipinski definition) is 1. The first kappa shape index (κ1) is 22.0. The predicted octanol–water partition coefficient (Wildman–Crippen LogP) is 3.76. The van der Waals surface area contributed by atoms with Crippen LogP contribution in [0.2, 0.25) is 5.02 Å². The van der Waals surface area contributed by atoms with Crippen molar-refractivity contribution in [2.24, 2.45) is 0 Å². The van der Waals surface area contributed by atoms with E-state index >= 15 is 0 Å². The molecule has 0 spiro atoms. The van der Waals surface area contributed by atoms with E-state index in [0.717, 1.165) is 12.1 Å². The number of nitrogens with zero attached hydrogens (tertiary/aromatic N) is 3. The van der Waals surface area contributed by atoms with Crippen molar-refractivity contribution < 1.29 is 22.3 Å². The maximum Gasteiger partial charge on any atom is 0.437 e. The zero-order valence-corrected chi connectivity index (χ0v) is 16.3. The van der Waals surface area contributed by atoms with E-state index in [-0.39, 0.29) is 10.6 Å². The lowest BCUT2D eigenvalue weighted by Gasteiger charge is -2.15. The normalized spacial score (nSPS) is 11.3. The summed E-state index contributed by atoms with van der Waals surface area (Å²) < 4.78 is 60.2. The van der Waals surface area contributed by atoms with Crippen LogP contribution in [0.5, 0.6) is 11.5 Å². The second-order valence-corrected chi connectivity index (χ2v) is 6.76. The number of aromatic nitrogens is 3.